The lowest BCUT2D eigenvalue weighted by Crippen LogP contribution is -2.31. The molecule has 164 valence electrons. The van der Waals surface area contributed by atoms with Crippen LogP contribution in [0.3, 0.4) is 0 Å². The van der Waals surface area contributed by atoms with Gasteiger partial charge in [0.05, 0.1) is 29.8 Å². The van der Waals surface area contributed by atoms with Crippen molar-refractivity contribution in [2.75, 3.05) is 12.0 Å². The Morgan fingerprint density at radius 3 is 2.56 bits per heavy atom. The van der Waals surface area contributed by atoms with Gasteiger partial charge in [0.1, 0.15) is 11.3 Å². The molecule has 0 radical (unpaired) electrons. The Bertz CT molecular complexity index is 1220. The van der Waals surface area contributed by atoms with Gasteiger partial charge in [-0.25, -0.2) is 4.98 Å². The Balaban J connectivity index is 1.69. The highest BCUT2D eigenvalue weighted by Crippen LogP contribution is 2.39. The zero-order valence-electron chi connectivity index (χ0n) is 18.2. The molecule has 0 bridgehead atoms. The number of aromatic nitrogens is 2. The molecule has 0 aliphatic heterocycles. The summed E-state index contributed by atoms with van der Waals surface area (Å²) >= 11 is 7.80. The Morgan fingerprint density at radius 1 is 1.12 bits per heavy atom. The van der Waals surface area contributed by atoms with E-state index in [1.807, 2.05) is 24.3 Å². The fraction of sp³-hybridized carbons (Fsp3) is 0.240. The monoisotopic (exact) mass is 465 g/mol. The van der Waals surface area contributed by atoms with E-state index in [0.717, 1.165) is 15.8 Å². The highest BCUT2D eigenvalue weighted by molar-refractivity contribution is 7.23. The van der Waals surface area contributed by atoms with Crippen LogP contribution in [-0.4, -0.2) is 23.0 Å². The molecule has 1 amide bonds. The van der Waals surface area contributed by atoms with Gasteiger partial charge in [0.25, 0.3) is 0 Å². The van der Waals surface area contributed by atoms with Gasteiger partial charge in [-0.15, -0.1) is 0 Å². The molecule has 4 rings (SSSR count). The topological polar surface area (TPSA) is 55.3 Å². The lowest BCUT2D eigenvalue weighted by molar-refractivity contribution is -0.118. The van der Waals surface area contributed by atoms with E-state index < -0.39 is 0 Å². The Kier molecular flexibility index (Phi) is 6.72. The minimum Gasteiger partial charge on any atom is -0.494 e. The molecule has 4 aromatic rings. The number of halogens is 1. The van der Waals surface area contributed by atoms with Gasteiger partial charge in [-0.05, 0) is 40.8 Å². The molecule has 5 nitrogen and oxygen atoms in total. The summed E-state index contributed by atoms with van der Waals surface area (Å²) in [6.45, 7) is 4.68. The van der Waals surface area contributed by atoms with Crippen LogP contribution in [0.4, 0.5) is 5.13 Å². The van der Waals surface area contributed by atoms with Crippen molar-refractivity contribution in [1.29, 1.82) is 0 Å². The van der Waals surface area contributed by atoms with Crippen molar-refractivity contribution in [2.45, 2.75) is 32.7 Å². The summed E-state index contributed by atoms with van der Waals surface area (Å²) in [4.78, 5) is 24.1. The number of fused-ring (bicyclic) bond motifs is 1. The van der Waals surface area contributed by atoms with E-state index in [4.69, 9.17) is 21.3 Å². The third-order valence-corrected chi connectivity index (χ3v) is 6.80. The number of benzene rings is 2. The number of carbonyl (C=O) groups is 1. The number of amides is 1. The Hall–Kier alpha value is -2.96. The molecule has 0 aliphatic rings. The van der Waals surface area contributed by atoms with Gasteiger partial charge in [0, 0.05) is 12.4 Å². The zero-order valence-corrected chi connectivity index (χ0v) is 19.8. The Morgan fingerprint density at radius 2 is 1.91 bits per heavy atom. The SMILES string of the molecule is COc1ccc(Cl)c2sc(N(Cc3cccnc3)C(=O)Cc3ccc(C(C)C)cc3)nc12. The number of nitrogens with zero attached hydrogens (tertiary/aromatic N) is 3. The molecule has 2 heterocycles. The number of hydrogen-bond acceptors (Lipinski definition) is 5. The first-order valence-corrected chi connectivity index (χ1v) is 11.6. The molecule has 2 aromatic carbocycles. The molecule has 0 spiro atoms. The number of rotatable bonds is 7. The van der Waals surface area contributed by atoms with E-state index in [1.54, 1.807) is 36.5 Å². The second-order valence-electron chi connectivity index (χ2n) is 7.84. The fourth-order valence-corrected chi connectivity index (χ4v) is 4.72. The van der Waals surface area contributed by atoms with Crippen LogP contribution in [0.1, 0.15) is 36.5 Å². The molecular weight excluding hydrogens is 442 g/mol. The minimum absolute atomic E-state index is 0.0414. The lowest BCUT2D eigenvalue weighted by Gasteiger charge is -2.20. The second-order valence-corrected chi connectivity index (χ2v) is 9.22. The first-order valence-electron chi connectivity index (χ1n) is 10.4. The van der Waals surface area contributed by atoms with Gasteiger partial charge >= 0.3 is 0 Å². The average Bonchev–Trinajstić information content (AvgIpc) is 3.25. The van der Waals surface area contributed by atoms with Gasteiger partial charge in [-0.3, -0.25) is 14.7 Å². The number of anilines is 1. The highest BCUT2D eigenvalue weighted by Gasteiger charge is 2.23. The van der Waals surface area contributed by atoms with Crippen molar-refractivity contribution in [3.8, 4) is 5.75 Å². The van der Waals surface area contributed by atoms with Crippen LogP contribution in [0.5, 0.6) is 5.75 Å². The van der Waals surface area contributed by atoms with Crippen molar-refractivity contribution >= 4 is 44.2 Å². The molecule has 7 heteroatoms. The van der Waals surface area contributed by atoms with Gasteiger partial charge in [0.15, 0.2) is 5.13 Å². The minimum atomic E-state index is -0.0414. The number of ether oxygens (including phenoxy) is 1. The van der Waals surface area contributed by atoms with Gasteiger partial charge < -0.3 is 4.74 Å². The molecule has 0 aliphatic carbocycles. The summed E-state index contributed by atoms with van der Waals surface area (Å²) < 4.78 is 6.25. The van der Waals surface area contributed by atoms with Crippen LogP contribution in [0.25, 0.3) is 10.2 Å². The average molecular weight is 466 g/mol. The van der Waals surface area contributed by atoms with E-state index in [9.17, 15) is 4.79 Å². The molecule has 0 saturated heterocycles. The largest absolute Gasteiger partial charge is 0.494 e. The second kappa shape index (κ2) is 9.67. The third-order valence-electron chi connectivity index (χ3n) is 5.26. The van der Waals surface area contributed by atoms with Crippen molar-refractivity contribution in [3.05, 3.63) is 82.6 Å². The molecule has 2 aromatic heterocycles. The van der Waals surface area contributed by atoms with Crippen LogP contribution < -0.4 is 9.64 Å². The lowest BCUT2D eigenvalue weighted by atomic mass is 10.0. The predicted molar refractivity (Wildman–Crippen MR) is 131 cm³/mol. The normalized spacial score (nSPS) is 11.2. The maximum absolute atomic E-state index is 13.5. The van der Waals surface area contributed by atoms with E-state index in [0.29, 0.717) is 33.9 Å². The summed E-state index contributed by atoms with van der Waals surface area (Å²) in [7, 11) is 1.60. The number of carbonyl (C=O) groups excluding carboxylic acids is 1. The number of hydrogen-bond donors (Lipinski definition) is 0. The third kappa shape index (κ3) is 4.76. The van der Waals surface area contributed by atoms with Crippen LogP contribution in [0.2, 0.25) is 5.02 Å². The van der Waals surface area contributed by atoms with Gasteiger partial charge in [-0.2, -0.15) is 0 Å². The molecule has 0 saturated carbocycles. The Labute approximate surface area is 196 Å². The molecular formula is C25H24ClN3O2S. The summed E-state index contributed by atoms with van der Waals surface area (Å²) in [6, 6.07) is 15.6. The number of pyridine rings is 1. The van der Waals surface area contributed by atoms with Crippen molar-refractivity contribution < 1.29 is 9.53 Å². The molecule has 0 unspecified atom stereocenters. The van der Waals surface area contributed by atoms with E-state index in [-0.39, 0.29) is 12.3 Å². The first-order chi connectivity index (χ1) is 15.5. The van der Waals surface area contributed by atoms with Crippen LogP contribution in [0.15, 0.2) is 60.9 Å². The molecule has 0 N–H and O–H groups in total. The fourth-order valence-electron chi connectivity index (χ4n) is 3.45. The summed E-state index contributed by atoms with van der Waals surface area (Å²) in [5.41, 5.74) is 3.80. The van der Waals surface area contributed by atoms with Crippen LogP contribution in [0, 0.1) is 0 Å². The van der Waals surface area contributed by atoms with E-state index in [2.05, 4.69) is 31.0 Å². The van der Waals surface area contributed by atoms with Crippen molar-refractivity contribution in [2.24, 2.45) is 0 Å². The standard InChI is InChI=1S/C25H24ClN3O2S/c1-16(2)19-8-6-17(7-9-19)13-22(30)29(15-18-5-4-12-27-14-18)25-28-23-21(31-3)11-10-20(26)24(23)32-25/h4-12,14,16H,13,15H2,1-3H3. The summed E-state index contributed by atoms with van der Waals surface area (Å²) in [6.07, 6.45) is 3.76. The summed E-state index contributed by atoms with van der Waals surface area (Å²) in [5.74, 6) is 1.04. The van der Waals surface area contributed by atoms with Gasteiger partial charge in [-0.1, -0.05) is 67.1 Å². The van der Waals surface area contributed by atoms with E-state index >= 15 is 0 Å². The quantitative estimate of drug-likeness (QED) is 0.323. The smallest absolute Gasteiger partial charge is 0.233 e. The predicted octanol–water partition coefficient (Wildman–Crippen LogP) is 6.25. The first kappa shape index (κ1) is 22.2. The van der Waals surface area contributed by atoms with Crippen molar-refractivity contribution in [1.82, 2.24) is 9.97 Å². The van der Waals surface area contributed by atoms with Crippen molar-refractivity contribution in [3.63, 3.8) is 0 Å². The molecule has 0 fully saturated rings. The summed E-state index contributed by atoms with van der Waals surface area (Å²) in [5, 5.41) is 1.17. The maximum atomic E-state index is 13.5. The number of thiazole rings is 1. The maximum Gasteiger partial charge on any atom is 0.233 e. The number of methoxy groups -OCH3 is 1. The van der Waals surface area contributed by atoms with Crippen LogP contribution in [-0.2, 0) is 17.8 Å². The van der Waals surface area contributed by atoms with Gasteiger partial charge in [0.2, 0.25) is 5.91 Å². The highest BCUT2D eigenvalue weighted by atomic mass is 35.5. The van der Waals surface area contributed by atoms with Crippen LogP contribution >= 0.6 is 22.9 Å². The molecule has 32 heavy (non-hydrogen) atoms. The molecule has 0 atom stereocenters. The van der Waals surface area contributed by atoms with E-state index in [1.165, 1.54) is 16.9 Å². The zero-order chi connectivity index (χ0) is 22.7.